The van der Waals surface area contributed by atoms with Crippen LogP contribution >= 0.6 is 0 Å². The van der Waals surface area contributed by atoms with Gasteiger partial charge in [0.1, 0.15) is 0 Å². The zero-order valence-electron chi connectivity index (χ0n) is 14.5. The van der Waals surface area contributed by atoms with E-state index in [1.165, 1.54) is 11.1 Å². The van der Waals surface area contributed by atoms with Gasteiger partial charge < -0.3 is 10.6 Å². The second-order valence-electron chi connectivity index (χ2n) is 6.59. The lowest BCUT2D eigenvalue weighted by atomic mass is 9.88. The van der Waals surface area contributed by atoms with Gasteiger partial charge in [0.15, 0.2) is 0 Å². The van der Waals surface area contributed by atoms with Gasteiger partial charge in [-0.25, -0.2) is 0 Å². The minimum Gasteiger partial charge on any atom is -0.352 e. The highest BCUT2D eigenvalue weighted by atomic mass is 16.2. The number of carbonyl (C=O) groups is 2. The average Bonchev–Trinajstić information content (AvgIpc) is 2.62. The number of fused-ring (bicyclic) bond motifs is 1. The molecule has 0 saturated heterocycles. The van der Waals surface area contributed by atoms with Crippen LogP contribution in [0.15, 0.2) is 48.5 Å². The van der Waals surface area contributed by atoms with Crippen molar-refractivity contribution in [2.24, 2.45) is 0 Å². The fourth-order valence-corrected chi connectivity index (χ4v) is 3.35. The van der Waals surface area contributed by atoms with Gasteiger partial charge >= 0.3 is 0 Å². The molecule has 0 saturated carbocycles. The van der Waals surface area contributed by atoms with E-state index in [4.69, 9.17) is 0 Å². The third kappa shape index (κ3) is 4.47. The van der Waals surface area contributed by atoms with E-state index in [2.05, 4.69) is 22.8 Å². The maximum absolute atomic E-state index is 12.2. The lowest BCUT2D eigenvalue weighted by Gasteiger charge is -2.26. The molecule has 0 bridgehead atoms. The molecule has 0 radical (unpaired) electrons. The summed E-state index contributed by atoms with van der Waals surface area (Å²) >= 11 is 0. The standard InChI is InChI=1S/C21H24N2O2/c1-15-6-4-9-17(14-15)21(25)22-13-12-20(24)23-19-11-5-8-16-7-2-3-10-18(16)19/h2-4,6-7,9-10,14,19H,5,8,11-13H2,1H3,(H,22,25)(H,23,24)/t19-/m1/s1. The SMILES string of the molecule is Cc1cccc(C(=O)NCCC(=O)N[C@@H]2CCCc3ccccc32)c1. The molecule has 2 N–H and O–H groups in total. The second kappa shape index (κ2) is 7.97. The highest BCUT2D eigenvalue weighted by molar-refractivity contribution is 5.94. The van der Waals surface area contributed by atoms with Crippen molar-refractivity contribution in [3.8, 4) is 0 Å². The van der Waals surface area contributed by atoms with Crippen LogP contribution in [0.25, 0.3) is 0 Å². The Morgan fingerprint density at radius 1 is 1.12 bits per heavy atom. The van der Waals surface area contributed by atoms with Crippen LogP contribution in [0.1, 0.15) is 52.4 Å². The number of rotatable bonds is 5. The molecule has 3 rings (SSSR count). The van der Waals surface area contributed by atoms with Crippen LogP contribution in [0.2, 0.25) is 0 Å². The monoisotopic (exact) mass is 336 g/mol. The highest BCUT2D eigenvalue weighted by Crippen LogP contribution is 2.29. The van der Waals surface area contributed by atoms with Crippen molar-refractivity contribution < 1.29 is 9.59 Å². The van der Waals surface area contributed by atoms with Gasteiger partial charge in [-0.15, -0.1) is 0 Å². The first-order chi connectivity index (χ1) is 12.1. The number of hydrogen-bond acceptors (Lipinski definition) is 2. The third-order valence-electron chi connectivity index (χ3n) is 4.62. The maximum Gasteiger partial charge on any atom is 0.251 e. The Labute approximate surface area is 148 Å². The van der Waals surface area contributed by atoms with Gasteiger partial charge in [-0.1, -0.05) is 42.0 Å². The summed E-state index contributed by atoms with van der Waals surface area (Å²) in [6.07, 6.45) is 3.43. The van der Waals surface area contributed by atoms with Gasteiger partial charge in [-0.2, -0.15) is 0 Å². The first-order valence-corrected chi connectivity index (χ1v) is 8.85. The van der Waals surface area contributed by atoms with Gasteiger partial charge in [0.25, 0.3) is 5.91 Å². The van der Waals surface area contributed by atoms with Crippen LogP contribution in [0.5, 0.6) is 0 Å². The molecule has 2 aromatic carbocycles. The van der Waals surface area contributed by atoms with Crippen molar-refractivity contribution in [3.63, 3.8) is 0 Å². The molecule has 130 valence electrons. The summed E-state index contributed by atoms with van der Waals surface area (Å²) in [5, 5.41) is 5.92. The van der Waals surface area contributed by atoms with Crippen molar-refractivity contribution >= 4 is 11.8 Å². The Morgan fingerprint density at radius 3 is 2.80 bits per heavy atom. The van der Waals surface area contributed by atoms with Crippen molar-refractivity contribution in [1.82, 2.24) is 10.6 Å². The van der Waals surface area contributed by atoms with Gasteiger partial charge in [-0.05, 0) is 49.4 Å². The number of benzene rings is 2. The molecule has 2 aromatic rings. The molecule has 25 heavy (non-hydrogen) atoms. The summed E-state index contributed by atoms with van der Waals surface area (Å²) in [7, 11) is 0. The molecule has 4 nitrogen and oxygen atoms in total. The molecule has 0 aromatic heterocycles. The fraction of sp³-hybridized carbons (Fsp3) is 0.333. The normalized spacial score (nSPS) is 16.0. The quantitative estimate of drug-likeness (QED) is 0.880. The minimum absolute atomic E-state index is 0.0220. The molecular formula is C21H24N2O2. The van der Waals surface area contributed by atoms with E-state index in [-0.39, 0.29) is 24.3 Å². The van der Waals surface area contributed by atoms with E-state index in [0.29, 0.717) is 12.1 Å². The summed E-state index contributed by atoms with van der Waals surface area (Å²) in [5.41, 5.74) is 4.22. The first-order valence-electron chi connectivity index (χ1n) is 8.85. The van der Waals surface area contributed by atoms with Crippen molar-refractivity contribution in [3.05, 3.63) is 70.8 Å². The van der Waals surface area contributed by atoms with Crippen LogP contribution in [0.4, 0.5) is 0 Å². The van der Waals surface area contributed by atoms with Crippen LogP contribution in [0, 0.1) is 6.92 Å². The molecule has 1 aliphatic carbocycles. The minimum atomic E-state index is -0.139. The Morgan fingerprint density at radius 2 is 1.96 bits per heavy atom. The Balaban J connectivity index is 1.48. The number of hydrogen-bond donors (Lipinski definition) is 2. The van der Waals surface area contributed by atoms with E-state index in [1.54, 1.807) is 6.07 Å². The predicted octanol–water partition coefficient (Wildman–Crippen LogP) is 3.31. The van der Waals surface area contributed by atoms with E-state index in [9.17, 15) is 9.59 Å². The van der Waals surface area contributed by atoms with Gasteiger partial charge in [0.05, 0.1) is 6.04 Å². The van der Waals surface area contributed by atoms with Gasteiger partial charge in [0, 0.05) is 18.5 Å². The summed E-state index contributed by atoms with van der Waals surface area (Å²) in [5.74, 6) is -0.161. The molecule has 0 heterocycles. The van der Waals surface area contributed by atoms with E-state index in [0.717, 1.165) is 24.8 Å². The highest BCUT2D eigenvalue weighted by Gasteiger charge is 2.21. The fourth-order valence-electron chi connectivity index (χ4n) is 3.35. The molecule has 0 spiro atoms. The Kier molecular flexibility index (Phi) is 5.49. The van der Waals surface area contributed by atoms with Crippen molar-refractivity contribution in [2.75, 3.05) is 6.54 Å². The molecular weight excluding hydrogens is 312 g/mol. The number of nitrogens with one attached hydrogen (secondary N) is 2. The van der Waals surface area contributed by atoms with E-state index >= 15 is 0 Å². The van der Waals surface area contributed by atoms with Gasteiger partial charge in [0.2, 0.25) is 5.91 Å². The lowest BCUT2D eigenvalue weighted by molar-refractivity contribution is -0.121. The topological polar surface area (TPSA) is 58.2 Å². The summed E-state index contributed by atoms with van der Waals surface area (Å²) in [6.45, 7) is 2.29. The smallest absolute Gasteiger partial charge is 0.251 e. The number of aryl methyl sites for hydroxylation is 2. The molecule has 0 unspecified atom stereocenters. The van der Waals surface area contributed by atoms with Crippen LogP contribution in [-0.2, 0) is 11.2 Å². The summed E-state index contributed by atoms with van der Waals surface area (Å²) < 4.78 is 0. The van der Waals surface area contributed by atoms with Crippen molar-refractivity contribution in [1.29, 1.82) is 0 Å². The predicted molar refractivity (Wildman–Crippen MR) is 98.4 cm³/mol. The summed E-state index contributed by atoms with van der Waals surface area (Å²) in [6, 6.07) is 15.8. The molecule has 2 amide bonds. The second-order valence-corrected chi connectivity index (χ2v) is 6.59. The lowest BCUT2D eigenvalue weighted by Crippen LogP contribution is -2.34. The number of carbonyl (C=O) groups excluding carboxylic acids is 2. The zero-order chi connectivity index (χ0) is 17.6. The zero-order valence-corrected chi connectivity index (χ0v) is 14.5. The molecule has 0 aliphatic heterocycles. The largest absolute Gasteiger partial charge is 0.352 e. The molecule has 0 fully saturated rings. The molecule has 1 atom stereocenters. The van der Waals surface area contributed by atoms with Crippen molar-refractivity contribution in [2.45, 2.75) is 38.6 Å². The Hall–Kier alpha value is -2.62. The van der Waals surface area contributed by atoms with Crippen LogP contribution in [0.3, 0.4) is 0 Å². The molecule has 1 aliphatic rings. The number of amides is 2. The third-order valence-corrected chi connectivity index (χ3v) is 4.62. The first kappa shape index (κ1) is 17.2. The average molecular weight is 336 g/mol. The van der Waals surface area contributed by atoms with Crippen LogP contribution < -0.4 is 10.6 Å². The van der Waals surface area contributed by atoms with Gasteiger partial charge in [-0.3, -0.25) is 9.59 Å². The van der Waals surface area contributed by atoms with Crippen LogP contribution in [-0.4, -0.2) is 18.4 Å². The maximum atomic E-state index is 12.2. The molecule has 4 heteroatoms. The summed E-state index contributed by atoms with van der Waals surface area (Å²) in [4.78, 5) is 24.3. The van der Waals surface area contributed by atoms with E-state index < -0.39 is 0 Å². The van der Waals surface area contributed by atoms with E-state index in [1.807, 2.05) is 37.3 Å². The Bertz CT molecular complexity index is 770.